The van der Waals surface area contributed by atoms with E-state index < -0.39 is 0 Å². The van der Waals surface area contributed by atoms with Crippen LogP contribution in [-0.4, -0.2) is 30.1 Å². The molecule has 2 fully saturated rings. The van der Waals surface area contributed by atoms with Gasteiger partial charge in [0.2, 0.25) is 0 Å². The van der Waals surface area contributed by atoms with E-state index in [4.69, 9.17) is 0 Å². The summed E-state index contributed by atoms with van der Waals surface area (Å²) in [6.07, 6.45) is 0. The van der Waals surface area contributed by atoms with Crippen LogP contribution in [0.2, 0.25) is 0 Å². The van der Waals surface area contributed by atoms with Gasteiger partial charge in [-0.05, 0) is 50.4 Å². The van der Waals surface area contributed by atoms with Crippen molar-refractivity contribution in [2.24, 2.45) is 11.8 Å². The Balaban J connectivity index is 1.82. The van der Waals surface area contributed by atoms with Gasteiger partial charge in [0, 0.05) is 35.2 Å². The Labute approximate surface area is 122 Å². The Morgan fingerprint density at radius 2 is 2.21 bits per heavy atom. The first-order valence-electron chi connectivity index (χ1n) is 6.88. The van der Waals surface area contributed by atoms with Gasteiger partial charge < -0.3 is 5.32 Å². The second-order valence-corrected chi connectivity index (χ2v) is 7.21. The molecule has 1 aromatic carbocycles. The highest BCUT2D eigenvalue weighted by atomic mass is 79.9. The van der Waals surface area contributed by atoms with Crippen molar-refractivity contribution in [3.8, 4) is 0 Å². The van der Waals surface area contributed by atoms with Crippen LogP contribution in [-0.2, 0) is 6.54 Å². The normalized spacial score (nSPS) is 29.7. The van der Waals surface area contributed by atoms with Crippen LogP contribution in [0.25, 0.3) is 0 Å². The number of likely N-dealkylation sites (tertiary alicyclic amines) is 1. The van der Waals surface area contributed by atoms with Crippen LogP contribution >= 0.6 is 15.9 Å². The summed E-state index contributed by atoms with van der Waals surface area (Å²) in [5.74, 6) is 1.29. The second-order valence-electron chi connectivity index (χ2n) is 6.29. The van der Waals surface area contributed by atoms with Crippen molar-refractivity contribution in [2.45, 2.75) is 25.9 Å². The number of nitrogens with zero attached hydrogens (tertiary/aromatic N) is 1. The van der Waals surface area contributed by atoms with Crippen molar-refractivity contribution < 1.29 is 4.39 Å². The average molecular weight is 327 g/mol. The fourth-order valence-corrected chi connectivity index (χ4v) is 4.05. The van der Waals surface area contributed by atoms with E-state index in [1.807, 2.05) is 6.07 Å². The SMILES string of the molecule is CC1(C)C2CNCC2CN1Cc1cc(Br)ccc1F. The molecule has 4 heteroatoms. The summed E-state index contributed by atoms with van der Waals surface area (Å²) in [5.41, 5.74) is 0.929. The lowest BCUT2D eigenvalue weighted by Crippen LogP contribution is -2.44. The van der Waals surface area contributed by atoms with Crippen molar-refractivity contribution >= 4 is 15.9 Å². The summed E-state index contributed by atoms with van der Waals surface area (Å²) in [7, 11) is 0. The lowest BCUT2D eigenvalue weighted by atomic mass is 9.85. The number of hydrogen-bond acceptors (Lipinski definition) is 2. The highest BCUT2D eigenvalue weighted by molar-refractivity contribution is 9.10. The molecule has 2 heterocycles. The van der Waals surface area contributed by atoms with E-state index in [-0.39, 0.29) is 11.4 Å². The van der Waals surface area contributed by atoms with Crippen LogP contribution in [0.15, 0.2) is 22.7 Å². The first kappa shape index (κ1) is 13.5. The zero-order chi connectivity index (χ0) is 13.6. The van der Waals surface area contributed by atoms with Crippen molar-refractivity contribution in [2.75, 3.05) is 19.6 Å². The van der Waals surface area contributed by atoms with Crippen molar-refractivity contribution in [3.63, 3.8) is 0 Å². The molecule has 0 saturated carbocycles. The summed E-state index contributed by atoms with van der Waals surface area (Å²) < 4.78 is 14.9. The molecule has 2 saturated heterocycles. The maximum Gasteiger partial charge on any atom is 0.127 e. The molecule has 2 unspecified atom stereocenters. The molecule has 0 spiro atoms. The molecular weight excluding hydrogens is 307 g/mol. The van der Waals surface area contributed by atoms with Gasteiger partial charge in [0.15, 0.2) is 0 Å². The van der Waals surface area contributed by atoms with E-state index in [1.165, 1.54) is 0 Å². The number of halogens is 2. The van der Waals surface area contributed by atoms with Gasteiger partial charge in [-0.3, -0.25) is 4.90 Å². The molecule has 104 valence electrons. The van der Waals surface area contributed by atoms with Gasteiger partial charge in [-0.25, -0.2) is 4.39 Å². The van der Waals surface area contributed by atoms with Gasteiger partial charge in [0.25, 0.3) is 0 Å². The minimum Gasteiger partial charge on any atom is -0.316 e. The highest BCUT2D eigenvalue weighted by Crippen LogP contribution is 2.41. The lowest BCUT2D eigenvalue weighted by molar-refractivity contribution is 0.130. The molecule has 0 radical (unpaired) electrons. The van der Waals surface area contributed by atoms with E-state index in [0.717, 1.165) is 29.7 Å². The van der Waals surface area contributed by atoms with Crippen LogP contribution in [0, 0.1) is 17.7 Å². The molecule has 0 aliphatic carbocycles. The Kier molecular flexibility index (Phi) is 3.44. The zero-order valence-corrected chi connectivity index (χ0v) is 13.0. The van der Waals surface area contributed by atoms with E-state index >= 15 is 0 Å². The molecule has 0 amide bonds. The summed E-state index contributed by atoms with van der Waals surface area (Å²) in [6.45, 7) is 8.55. The highest BCUT2D eigenvalue weighted by Gasteiger charge is 2.49. The summed E-state index contributed by atoms with van der Waals surface area (Å²) in [6, 6.07) is 5.20. The van der Waals surface area contributed by atoms with Gasteiger partial charge in [-0.15, -0.1) is 0 Å². The molecule has 19 heavy (non-hydrogen) atoms. The van der Waals surface area contributed by atoms with Crippen molar-refractivity contribution in [3.05, 3.63) is 34.1 Å². The molecule has 2 aliphatic rings. The van der Waals surface area contributed by atoms with Crippen LogP contribution in [0.5, 0.6) is 0 Å². The third kappa shape index (κ3) is 2.34. The van der Waals surface area contributed by atoms with E-state index in [2.05, 4.69) is 40.0 Å². The fraction of sp³-hybridized carbons (Fsp3) is 0.600. The number of hydrogen-bond donors (Lipinski definition) is 1. The van der Waals surface area contributed by atoms with Gasteiger partial charge in [-0.2, -0.15) is 0 Å². The first-order valence-corrected chi connectivity index (χ1v) is 7.67. The van der Waals surface area contributed by atoms with Crippen LogP contribution in [0.4, 0.5) is 4.39 Å². The maximum atomic E-state index is 13.9. The summed E-state index contributed by atoms with van der Waals surface area (Å²) in [5, 5.41) is 3.48. The third-order valence-electron chi connectivity index (χ3n) is 4.89. The molecule has 2 nitrogen and oxygen atoms in total. The predicted molar refractivity (Wildman–Crippen MR) is 78.4 cm³/mol. The average Bonchev–Trinajstić information content (AvgIpc) is 2.89. The number of nitrogens with one attached hydrogen (secondary N) is 1. The Hall–Kier alpha value is -0.450. The summed E-state index contributed by atoms with van der Waals surface area (Å²) >= 11 is 3.43. The molecule has 0 bridgehead atoms. The fourth-order valence-electron chi connectivity index (χ4n) is 3.64. The second kappa shape index (κ2) is 4.83. The lowest BCUT2D eigenvalue weighted by Gasteiger charge is -2.35. The zero-order valence-electron chi connectivity index (χ0n) is 11.4. The minimum atomic E-state index is -0.103. The molecular formula is C15H20BrFN2. The molecule has 1 N–H and O–H groups in total. The third-order valence-corrected chi connectivity index (χ3v) is 5.38. The molecule has 0 aromatic heterocycles. The molecule has 2 atom stereocenters. The van der Waals surface area contributed by atoms with Gasteiger partial charge in [-0.1, -0.05) is 15.9 Å². The first-order chi connectivity index (χ1) is 8.98. The van der Waals surface area contributed by atoms with Crippen molar-refractivity contribution in [1.29, 1.82) is 0 Å². The van der Waals surface area contributed by atoms with Gasteiger partial charge in [0.1, 0.15) is 5.82 Å². The number of rotatable bonds is 2. The summed E-state index contributed by atoms with van der Waals surface area (Å²) in [4.78, 5) is 2.44. The quantitative estimate of drug-likeness (QED) is 0.898. The topological polar surface area (TPSA) is 15.3 Å². The van der Waals surface area contributed by atoms with Crippen LogP contribution in [0.1, 0.15) is 19.4 Å². The number of benzene rings is 1. The van der Waals surface area contributed by atoms with E-state index in [1.54, 1.807) is 12.1 Å². The molecule has 1 aromatic rings. The monoisotopic (exact) mass is 326 g/mol. The Morgan fingerprint density at radius 1 is 1.42 bits per heavy atom. The standard InChI is InChI=1S/C15H20BrFN2/c1-15(2)13-7-18-6-11(13)9-19(15)8-10-5-12(16)3-4-14(10)17/h3-5,11,13,18H,6-9H2,1-2H3. The molecule has 2 aliphatic heterocycles. The van der Waals surface area contributed by atoms with Crippen LogP contribution < -0.4 is 5.32 Å². The predicted octanol–water partition coefficient (Wildman–Crippen LogP) is 3.02. The van der Waals surface area contributed by atoms with E-state index in [9.17, 15) is 4.39 Å². The van der Waals surface area contributed by atoms with E-state index in [0.29, 0.717) is 18.4 Å². The van der Waals surface area contributed by atoms with Crippen LogP contribution in [0.3, 0.4) is 0 Å². The Bertz CT molecular complexity index is 489. The van der Waals surface area contributed by atoms with Gasteiger partial charge in [0.05, 0.1) is 0 Å². The van der Waals surface area contributed by atoms with Crippen molar-refractivity contribution in [1.82, 2.24) is 10.2 Å². The molecule has 3 rings (SSSR count). The Morgan fingerprint density at radius 3 is 2.95 bits per heavy atom. The smallest absolute Gasteiger partial charge is 0.127 e. The van der Waals surface area contributed by atoms with Gasteiger partial charge >= 0.3 is 0 Å². The minimum absolute atomic E-state index is 0.103. The largest absolute Gasteiger partial charge is 0.316 e. The maximum absolute atomic E-state index is 13.9. The number of fused-ring (bicyclic) bond motifs is 1.